The van der Waals surface area contributed by atoms with Crippen LogP contribution in [-0.2, 0) is 29.3 Å². The Balaban J connectivity index is 1.55. The molecule has 150 valence electrons. The van der Waals surface area contributed by atoms with E-state index >= 15 is 0 Å². The summed E-state index contributed by atoms with van der Waals surface area (Å²) < 4.78 is 19.9. The van der Waals surface area contributed by atoms with Crippen molar-refractivity contribution >= 4 is 17.7 Å². The number of nitrogens with one attached hydrogen (secondary N) is 1. The summed E-state index contributed by atoms with van der Waals surface area (Å²) in [5.74, 6) is -1.62. The molecular formula is C21H20FN3O4. The van der Waals surface area contributed by atoms with Crippen LogP contribution in [0.4, 0.5) is 4.39 Å². The fraction of sp³-hybridized carbons (Fsp3) is 0.286. The highest BCUT2D eigenvalue weighted by Gasteiger charge is 2.40. The highest BCUT2D eigenvalue weighted by molar-refractivity contribution is 6.05. The van der Waals surface area contributed by atoms with Gasteiger partial charge in [-0.3, -0.25) is 19.7 Å². The lowest BCUT2D eigenvalue weighted by atomic mass is 10.0. The van der Waals surface area contributed by atoms with E-state index < -0.39 is 23.7 Å². The lowest BCUT2D eigenvalue weighted by molar-refractivity contribution is -0.136. The highest BCUT2D eigenvalue weighted by atomic mass is 19.1. The second-order valence-electron chi connectivity index (χ2n) is 7.14. The molecule has 0 bridgehead atoms. The summed E-state index contributed by atoms with van der Waals surface area (Å²) in [7, 11) is 0. The Morgan fingerprint density at radius 1 is 1.14 bits per heavy atom. The molecule has 2 heterocycles. The first kappa shape index (κ1) is 19.1. The van der Waals surface area contributed by atoms with Gasteiger partial charge in [0.15, 0.2) is 0 Å². The number of hydrogen-bond donors (Lipinski definition) is 2. The molecule has 8 heteroatoms. The number of nitrogens with two attached hydrogens (primary N) is 1. The van der Waals surface area contributed by atoms with E-state index in [1.807, 2.05) is 24.3 Å². The molecule has 29 heavy (non-hydrogen) atoms. The smallest absolute Gasteiger partial charge is 0.255 e. The molecule has 7 nitrogen and oxygen atoms in total. The van der Waals surface area contributed by atoms with Crippen LogP contribution in [0.5, 0.6) is 5.75 Å². The summed E-state index contributed by atoms with van der Waals surface area (Å²) in [5, 5.41) is 2.25. The molecule has 0 spiro atoms. The minimum Gasteiger partial charge on any atom is -0.488 e. The molecule has 2 aromatic carbocycles. The van der Waals surface area contributed by atoms with Gasteiger partial charge in [-0.1, -0.05) is 24.3 Å². The fourth-order valence-electron chi connectivity index (χ4n) is 3.66. The van der Waals surface area contributed by atoms with Gasteiger partial charge in [0.25, 0.3) is 5.91 Å². The largest absolute Gasteiger partial charge is 0.488 e. The van der Waals surface area contributed by atoms with Gasteiger partial charge in [-0.15, -0.1) is 0 Å². The number of ether oxygens (including phenoxy) is 1. The maximum absolute atomic E-state index is 14.1. The molecule has 1 unspecified atom stereocenters. The normalized spacial score (nSPS) is 18.6. The lowest BCUT2D eigenvalue weighted by Crippen LogP contribution is -2.52. The van der Waals surface area contributed by atoms with Crippen molar-refractivity contribution in [1.82, 2.24) is 10.2 Å². The number of hydrogen-bond acceptors (Lipinski definition) is 5. The van der Waals surface area contributed by atoms with Gasteiger partial charge in [-0.05, 0) is 23.6 Å². The Labute approximate surface area is 166 Å². The molecule has 0 saturated carbocycles. The molecule has 3 amide bonds. The standard InChI is InChI=1S/C21H20FN3O4/c22-14-7-15-16(10-25(21(15)28)17-5-6-19(26)24-20(17)27)18(8-14)29-11-13-3-1-12(9-23)2-4-13/h1-4,7-8,17H,5-6,9-11,23H2,(H,24,26,27). The van der Waals surface area contributed by atoms with E-state index in [4.69, 9.17) is 10.5 Å². The molecule has 0 aromatic heterocycles. The van der Waals surface area contributed by atoms with Crippen molar-refractivity contribution in [2.45, 2.75) is 38.6 Å². The lowest BCUT2D eigenvalue weighted by Gasteiger charge is -2.29. The summed E-state index contributed by atoms with van der Waals surface area (Å²) in [6.45, 7) is 0.770. The summed E-state index contributed by atoms with van der Waals surface area (Å²) >= 11 is 0. The second kappa shape index (κ2) is 7.63. The van der Waals surface area contributed by atoms with Gasteiger partial charge in [0, 0.05) is 24.6 Å². The Bertz CT molecular complexity index is 990. The van der Waals surface area contributed by atoms with Crippen LogP contribution in [-0.4, -0.2) is 28.7 Å². The summed E-state index contributed by atoms with van der Waals surface area (Å²) in [4.78, 5) is 37.7. The first-order chi connectivity index (χ1) is 14.0. The number of benzene rings is 2. The number of amides is 3. The van der Waals surface area contributed by atoms with Crippen molar-refractivity contribution in [3.05, 3.63) is 64.5 Å². The van der Waals surface area contributed by atoms with Gasteiger partial charge in [-0.25, -0.2) is 4.39 Å². The third-order valence-corrected chi connectivity index (χ3v) is 5.23. The molecule has 1 atom stereocenters. The number of rotatable bonds is 5. The van der Waals surface area contributed by atoms with Gasteiger partial charge >= 0.3 is 0 Å². The third kappa shape index (κ3) is 3.71. The number of carbonyl (C=O) groups is 3. The van der Waals surface area contributed by atoms with Crippen molar-refractivity contribution in [2.24, 2.45) is 5.73 Å². The summed E-state index contributed by atoms with van der Waals surface area (Å²) in [6.07, 6.45) is 0.406. The number of halogens is 1. The Kier molecular flexibility index (Phi) is 5.02. The SMILES string of the molecule is NCc1ccc(COc2cc(F)cc3c2CN(C2CCC(=O)NC2=O)C3=O)cc1. The van der Waals surface area contributed by atoms with Gasteiger partial charge in [0.2, 0.25) is 11.8 Å². The zero-order valence-corrected chi connectivity index (χ0v) is 15.6. The van der Waals surface area contributed by atoms with Crippen molar-refractivity contribution in [1.29, 1.82) is 0 Å². The monoisotopic (exact) mass is 397 g/mol. The minimum atomic E-state index is -0.757. The highest BCUT2D eigenvalue weighted by Crippen LogP contribution is 2.35. The molecule has 1 saturated heterocycles. The molecule has 3 N–H and O–H groups in total. The van der Waals surface area contributed by atoms with E-state index in [0.717, 1.165) is 17.2 Å². The number of fused-ring (bicyclic) bond motifs is 1. The molecule has 2 aliphatic rings. The predicted octanol–water partition coefficient (Wildman–Crippen LogP) is 1.62. The fourth-order valence-corrected chi connectivity index (χ4v) is 3.66. The zero-order chi connectivity index (χ0) is 20.5. The number of piperidine rings is 1. The van der Waals surface area contributed by atoms with E-state index in [-0.39, 0.29) is 43.2 Å². The molecule has 4 rings (SSSR count). The van der Waals surface area contributed by atoms with Gasteiger partial charge in [0.1, 0.15) is 24.2 Å². The molecular weight excluding hydrogens is 377 g/mol. The number of nitrogens with zero attached hydrogens (tertiary/aromatic N) is 1. The van der Waals surface area contributed by atoms with Gasteiger partial charge in [-0.2, -0.15) is 0 Å². The van der Waals surface area contributed by atoms with Crippen LogP contribution in [0.25, 0.3) is 0 Å². The molecule has 0 radical (unpaired) electrons. The molecule has 2 aromatic rings. The van der Waals surface area contributed by atoms with Gasteiger partial charge < -0.3 is 15.4 Å². The Morgan fingerprint density at radius 2 is 1.86 bits per heavy atom. The van der Waals surface area contributed by atoms with Crippen molar-refractivity contribution in [3.63, 3.8) is 0 Å². The van der Waals surface area contributed by atoms with Crippen LogP contribution in [0.15, 0.2) is 36.4 Å². The van der Waals surface area contributed by atoms with Crippen LogP contribution >= 0.6 is 0 Å². The Morgan fingerprint density at radius 3 is 2.55 bits per heavy atom. The average Bonchev–Trinajstić information content (AvgIpc) is 3.03. The van der Waals surface area contributed by atoms with Crippen LogP contribution in [0, 0.1) is 5.82 Å². The minimum absolute atomic E-state index is 0.127. The average molecular weight is 397 g/mol. The van der Waals surface area contributed by atoms with Crippen LogP contribution < -0.4 is 15.8 Å². The van der Waals surface area contributed by atoms with E-state index in [9.17, 15) is 18.8 Å². The Hall–Kier alpha value is -3.26. The van der Waals surface area contributed by atoms with E-state index in [0.29, 0.717) is 12.1 Å². The van der Waals surface area contributed by atoms with Crippen molar-refractivity contribution in [3.8, 4) is 5.75 Å². The van der Waals surface area contributed by atoms with Crippen LogP contribution in [0.3, 0.4) is 0 Å². The number of carbonyl (C=O) groups excluding carboxylic acids is 3. The van der Waals surface area contributed by atoms with Crippen molar-refractivity contribution < 1.29 is 23.5 Å². The summed E-state index contributed by atoms with van der Waals surface area (Å²) in [6, 6.07) is 9.19. The van der Waals surface area contributed by atoms with E-state index in [1.165, 1.54) is 11.0 Å². The zero-order valence-electron chi connectivity index (χ0n) is 15.6. The molecule has 1 fully saturated rings. The molecule has 0 aliphatic carbocycles. The summed E-state index contributed by atoms with van der Waals surface area (Å²) in [5.41, 5.74) is 8.19. The van der Waals surface area contributed by atoms with E-state index in [2.05, 4.69) is 5.32 Å². The maximum atomic E-state index is 14.1. The quantitative estimate of drug-likeness (QED) is 0.747. The number of imide groups is 1. The second-order valence-corrected chi connectivity index (χ2v) is 7.14. The van der Waals surface area contributed by atoms with Crippen LogP contribution in [0.1, 0.15) is 39.9 Å². The van der Waals surface area contributed by atoms with E-state index in [1.54, 1.807) is 0 Å². The predicted molar refractivity (Wildman–Crippen MR) is 101 cm³/mol. The first-order valence-corrected chi connectivity index (χ1v) is 9.34. The topological polar surface area (TPSA) is 102 Å². The van der Waals surface area contributed by atoms with Crippen molar-refractivity contribution in [2.75, 3.05) is 0 Å². The first-order valence-electron chi connectivity index (χ1n) is 9.34. The molecule has 2 aliphatic heterocycles. The van der Waals surface area contributed by atoms with Gasteiger partial charge in [0.05, 0.1) is 12.1 Å². The maximum Gasteiger partial charge on any atom is 0.255 e. The van der Waals surface area contributed by atoms with Crippen LogP contribution in [0.2, 0.25) is 0 Å². The third-order valence-electron chi connectivity index (χ3n) is 5.23.